The van der Waals surface area contributed by atoms with Crippen molar-refractivity contribution in [1.82, 2.24) is 9.36 Å². The lowest BCUT2D eigenvalue weighted by Crippen LogP contribution is -2.07. The Hall–Kier alpha value is -1.70. The molecule has 0 saturated heterocycles. The summed E-state index contributed by atoms with van der Waals surface area (Å²) in [6.45, 7) is 0. The Kier molecular flexibility index (Phi) is 4.31. The largest absolute Gasteiger partial charge is 0.374 e. The SMILES string of the molecule is Nc1nc(/C([C]=O)=N/Oc2ccc(Cl)cc2Cl)ns1. The Balaban J connectivity index is 2.22. The van der Waals surface area contributed by atoms with E-state index in [1.165, 1.54) is 12.1 Å². The zero-order valence-electron chi connectivity index (χ0n) is 9.13. The van der Waals surface area contributed by atoms with Crippen molar-refractivity contribution in [2.24, 2.45) is 5.16 Å². The van der Waals surface area contributed by atoms with E-state index in [-0.39, 0.29) is 27.4 Å². The van der Waals surface area contributed by atoms with Crippen LogP contribution in [0, 0.1) is 0 Å². The summed E-state index contributed by atoms with van der Waals surface area (Å²) in [4.78, 5) is 19.6. The van der Waals surface area contributed by atoms with Gasteiger partial charge in [-0.2, -0.15) is 9.36 Å². The van der Waals surface area contributed by atoms with E-state index in [9.17, 15) is 4.79 Å². The molecule has 0 spiro atoms. The molecule has 2 N–H and O–H groups in total. The van der Waals surface area contributed by atoms with Crippen molar-refractivity contribution in [2.45, 2.75) is 0 Å². The lowest BCUT2D eigenvalue weighted by Gasteiger charge is -2.01. The van der Waals surface area contributed by atoms with Crippen molar-refractivity contribution in [3.63, 3.8) is 0 Å². The zero-order valence-corrected chi connectivity index (χ0v) is 11.5. The molecule has 0 amide bonds. The Morgan fingerprint density at radius 1 is 1.47 bits per heavy atom. The van der Waals surface area contributed by atoms with E-state index in [0.717, 1.165) is 11.5 Å². The van der Waals surface area contributed by atoms with Gasteiger partial charge in [-0.15, -0.1) is 0 Å². The van der Waals surface area contributed by atoms with Crippen LogP contribution in [0.3, 0.4) is 0 Å². The summed E-state index contributed by atoms with van der Waals surface area (Å²) < 4.78 is 3.81. The normalized spacial score (nSPS) is 11.4. The lowest BCUT2D eigenvalue weighted by atomic mass is 10.3. The van der Waals surface area contributed by atoms with Crippen LogP contribution < -0.4 is 10.6 Å². The van der Waals surface area contributed by atoms with Crippen LogP contribution >= 0.6 is 34.7 Å². The Morgan fingerprint density at radius 3 is 2.84 bits per heavy atom. The van der Waals surface area contributed by atoms with Gasteiger partial charge in [0.15, 0.2) is 16.6 Å². The summed E-state index contributed by atoms with van der Waals surface area (Å²) in [5.74, 6) is 0.282. The van der Waals surface area contributed by atoms with E-state index >= 15 is 0 Å². The third-order valence-electron chi connectivity index (χ3n) is 1.88. The molecule has 0 unspecified atom stereocenters. The molecule has 97 valence electrons. The summed E-state index contributed by atoms with van der Waals surface area (Å²) in [6.07, 6.45) is 1.56. The summed E-state index contributed by atoms with van der Waals surface area (Å²) in [6, 6.07) is 4.57. The highest BCUT2D eigenvalue weighted by atomic mass is 35.5. The number of nitrogen functional groups attached to an aromatic ring is 1. The summed E-state index contributed by atoms with van der Waals surface area (Å²) in [7, 11) is 0. The molecule has 2 rings (SSSR count). The van der Waals surface area contributed by atoms with Crippen LogP contribution in [0.15, 0.2) is 23.4 Å². The van der Waals surface area contributed by atoms with E-state index in [0.29, 0.717) is 5.02 Å². The smallest absolute Gasteiger partial charge is 0.261 e. The first-order chi connectivity index (χ1) is 9.10. The van der Waals surface area contributed by atoms with Gasteiger partial charge in [-0.25, -0.2) is 0 Å². The number of nitrogens with zero attached hydrogens (tertiary/aromatic N) is 3. The van der Waals surface area contributed by atoms with Crippen LogP contribution in [-0.2, 0) is 4.79 Å². The van der Waals surface area contributed by atoms with E-state index in [1.807, 2.05) is 0 Å². The minimum atomic E-state index is -0.209. The van der Waals surface area contributed by atoms with Gasteiger partial charge in [0.05, 0.1) is 5.02 Å². The van der Waals surface area contributed by atoms with Gasteiger partial charge in [0.25, 0.3) is 6.29 Å². The molecule has 9 heteroatoms. The molecule has 1 aromatic carbocycles. The van der Waals surface area contributed by atoms with Gasteiger partial charge in [0.2, 0.25) is 5.82 Å². The van der Waals surface area contributed by atoms with Crippen LogP contribution in [0.1, 0.15) is 5.82 Å². The average molecular weight is 316 g/mol. The maximum atomic E-state index is 10.8. The van der Waals surface area contributed by atoms with E-state index in [4.69, 9.17) is 33.8 Å². The van der Waals surface area contributed by atoms with E-state index < -0.39 is 0 Å². The number of benzene rings is 1. The van der Waals surface area contributed by atoms with Gasteiger partial charge in [-0.1, -0.05) is 28.4 Å². The molecule has 0 fully saturated rings. The summed E-state index contributed by atoms with van der Waals surface area (Å²) >= 11 is 12.5. The molecular formula is C10H5Cl2N4O2S. The van der Waals surface area contributed by atoms with Crippen molar-refractivity contribution in [2.75, 3.05) is 5.73 Å². The summed E-state index contributed by atoms with van der Waals surface area (Å²) in [5.41, 5.74) is 5.19. The third-order valence-corrected chi connectivity index (χ3v) is 2.95. The molecule has 0 aliphatic carbocycles. The van der Waals surface area contributed by atoms with Crippen LogP contribution in [0.25, 0.3) is 0 Å². The lowest BCUT2D eigenvalue weighted by molar-refractivity contribution is 0.342. The number of carbonyl (C=O) groups excluding carboxylic acids is 1. The molecule has 1 radical (unpaired) electrons. The highest BCUT2D eigenvalue weighted by Gasteiger charge is 2.12. The molecule has 0 aliphatic heterocycles. The van der Waals surface area contributed by atoms with Gasteiger partial charge < -0.3 is 10.6 Å². The number of hydrogen-bond donors (Lipinski definition) is 1. The van der Waals surface area contributed by atoms with Crippen molar-refractivity contribution in [3.8, 4) is 5.75 Å². The number of anilines is 1. The highest BCUT2D eigenvalue weighted by Crippen LogP contribution is 2.27. The van der Waals surface area contributed by atoms with Gasteiger partial charge in [-0.05, 0) is 18.2 Å². The molecule has 0 aliphatic rings. The van der Waals surface area contributed by atoms with Crippen LogP contribution in [0.2, 0.25) is 10.0 Å². The van der Waals surface area contributed by atoms with E-state index in [2.05, 4.69) is 14.5 Å². The minimum absolute atomic E-state index is 0.0441. The van der Waals surface area contributed by atoms with Gasteiger partial charge in [-0.3, -0.25) is 4.79 Å². The number of oxime groups is 1. The van der Waals surface area contributed by atoms with Gasteiger partial charge >= 0.3 is 0 Å². The first-order valence-corrected chi connectivity index (χ1v) is 6.31. The predicted molar refractivity (Wildman–Crippen MR) is 73.6 cm³/mol. The minimum Gasteiger partial charge on any atom is -0.374 e. The quantitative estimate of drug-likeness (QED) is 0.690. The standard InChI is InChI=1S/C10H5Cl2N4O2S/c11-5-1-2-8(6(12)3-5)18-15-7(4-17)9-14-10(13)19-16-9/h1-3H,(H2,13,14,16)/b15-7+. The fourth-order valence-electron chi connectivity index (χ4n) is 1.08. The Labute approximate surface area is 122 Å². The molecule has 2 aromatic rings. The molecular weight excluding hydrogens is 311 g/mol. The molecule has 1 heterocycles. The fourth-order valence-corrected chi connectivity index (χ4v) is 1.96. The fraction of sp³-hybridized carbons (Fsp3) is 0. The monoisotopic (exact) mass is 315 g/mol. The molecule has 19 heavy (non-hydrogen) atoms. The second-order valence-electron chi connectivity index (χ2n) is 3.16. The third kappa shape index (κ3) is 3.40. The summed E-state index contributed by atoms with van der Waals surface area (Å²) in [5, 5.41) is 4.50. The average Bonchev–Trinajstić information content (AvgIpc) is 2.79. The molecule has 6 nitrogen and oxygen atoms in total. The number of rotatable bonds is 4. The molecule has 0 atom stereocenters. The molecule has 1 aromatic heterocycles. The van der Waals surface area contributed by atoms with Gasteiger partial charge in [0.1, 0.15) is 0 Å². The van der Waals surface area contributed by atoms with Gasteiger partial charge in [0, 0.05) is 16.6 Å². The Bertz CT molecular complexity index is 644. The molecule has 0 bridgehead atoms. The van der Waals surface area contributed by atoms with Crippen LogP contribution in [0.4, 0.5) is 5.13 Å². The number of aromatic nitrogens is 2. The van der Waals surface area contributed by atoms with Crippen molar-refractivity contribution >= 4 is 51.9 Å². The van der Waals surface area contributed by atoms with Crippen LogP contribution in [-0.4, -0.2) is 21.4 Å². The van der Waals surface area contributed by atoms with E-state index in [1.54, 1.807) is 12.4 Å². The number of halogens is 2. The van der Waals surface area contributed by atoms with Crippen LogP contribution in [0.5, 0.6) is 5.75 Å². The second kappa shape index (κ2) is 5.96. The first kappa shape index (κ1) is 13.7. The second-order valence-corrected chi connectivity index (χ2v) is 4.79. The van der Waals surface area contributed by atoms with Crippen molar-refractivity contribution in [3.05, 3.63) is 34.1 Å². The topological polar surface area (TPSA) is 90.5 Å². The first-order valence-electron chi connectivity index (χ1n) is 4.78. The Morgan fingerprint density at radius 2 is 2.26 bits per heavy atom. The predicted octanol–water partition coefficient (Wildman–Crippen LogP) is 2.32. The maximum absolute atomic E-state index is 10.8. The zero-order chi connectivity index (χ0) is 13.8. The van der Waals surface area contributed by atoms with Crippen molar-refractivity contribution in [1.29, 1.82) is 0 Å². The molecule has 0 saturated carbocycles. The highest BCUT2D eigenvalue weighted by molar-refractivity contribution is 7.09. The van der Waals surface area contributed by atoms with Crippen molar-refractivity contribution < 1.29 is 9.63 Å². The number of nitrogens with two attached hydrogens (primary N) is 1. The number of hydrogen-bond acceptors (Lipinski definition) is 7. The maximum Gasteiger partial charge on any atom is 0.261 e.